The number of ether oxygens (including phenoxy) is 1. The number of benzene rings is 10. The molecule has 8 unspecified atom stereocenters. The SMILES string of the molecule is CC(C)c1ccc(O)cc1.CCC(C)c1cc(Br)c(N)c(Br)c1.CCC(C)c1cc(Br)c(O)c(Br)c1.CCC(C)c1cc(Br)cc(Br)c1.CCC(C)c1cc(C)c(O)c(C)c1.CCC(C)c1cc(C)c(OC(=O)N2CCN(c3ccncc3)CC2)c(C)c1.CCC(C)c1cc(Cl)c(Cl)c(Cl)c1.CCC(C)c1ccc(O)c(Br)c1.CCC(C)c1cccc2ccccc12. The molecule has 10 nitrogen and oxygen atoms in total. The summed E-state index contributed by atoms with van der Waals surface area (Å²) in [7, 11) is 0. The lowest BCUT2D eigenvalue weighted by Crippen LogP contribution is -2.49. The van der Waals surface area contributed by atoms with Gasteiger partial charge in [-0.05, 0) is 386 Å². The third-order valence-corrected chi connectivity index (χ3v) is 28.8. The van der Waals surface area contributed by atoms with Gasteiger partial charge in [0, 0.05) is 62.2 Å². The first kappa shape index (κ1) is 113. The van der Waals surface area contributed by atoms with Crippen molar-refractivity contribution in [2.24, 2.45) is 0 Å². The van der Waals surface area contributed by atoms with Gasteiger partial charge >= 0.3 is 6.09 Å². The van der Waals surface area contributed by atoms with E-state index in [0.717, 1.165) is 122 Å². The summed E-state index contributed by atoms with van der Waals surface area (Å²) in [6, 6.07) is 58.9. The lowest BCUT2D eigenvalue weighted by Gasteiger charge is -2.35. The van der Waals surface area contributed by atoms with Crippen molar-refractivity contribution in [3.63, 3.8) is 0 Å². The van der Waals surface area contributed by atoms with Gasteiger partial charge in [0.15, 0.2) is 0 Å². The number of aromatic hydroxyl groups is 4. The zero-order valence-corrected chi connectivity index (χ0v) is 91.8. The number of hydrogen-bond acceptors (Lipinski definition) is 9. The normalized spacial score (nSPS) is 13.3. The van der Waals surface area contributed by atoms with Gasteiger partial charge in [0.2, 0.25) is 0 Å². The van der Waals surface area contributed by atoms with Crippen LogP contribution in [0.4, 0.5) is 16.2 Å². The zero-order valence-electron chi connectivity index (χ0n) is 78.4. The fourth-order valence-electron chi connectivity index (χ4n) is 13.3. The smallest absolute Gasteiger partial charge is 0.415 e. The van der Waals surface area contributed by atoms with E-state index in [2.05, 4.69) is 343 Å². The number of pyridine rings is 1. The Morgan fingerprint density at radius 1 is 0.402 bits per heavy atom. The molecule has 0 saturated carbocycles. The highest BCUT2D eigenvalue weighted by Gasteiger charge is 2.25. The molecule has 0 aliphatic carbocycles. The number of piperazine rings is 1. The number of fused-ring (bicyclic) bond motifs is 1. The number of halogens is 10. The van der Waals surface area contributed by atoms with E-state index in [0.29, 0.717) is 104 Å². The number of hydrogen-bond donors (Lipinski definition) is 5. The van der Waals surface area contributed by atoms with Crippen molar-refractivity contribution >= 4 is 175 Å². The number of nitrogens with two attached hydrogens (primary N) is 1. The Morgan fingerprint density at radius 2 is 0.772 bits per heavy atom. The summed E-state index contributed by atoms with van der Waals surface area (Å²) in [5.41, 5.74) is 23.4. The first-order valence-electron chi connectivity index (χ1n) is 44.3. The van der Waals surface area contributed by atoms with Crippen LogP contribution in [0.1, 0.15) is 302 Å². The standard InChI is InChI=1S/C22H29N3O2.C14H16.C12H18O.C10H13Br2N.C10H12Br2O.C10H12Br2.C10H13BrO.C10H11Cl3.C9H12O/c1-5-16(2)19-14-17(3)21(18(4)15-19)27-22(26)25-12-10-24(11-13-25)20-6-8-23-9-7-20;1-3-11(2)13-10-6-8-12-7-4-5-9-14(12)13;1-5-8(2)11-6-9(3)12(13)10(4)7-11;2*1-3-6(2)7-4-8(11)10(13)9(12)5-7;1-3-7(2)8-4-9(11)6-10(12)5-8;1-3-7(2)8-4-5-10(12)9(11)6-8;1-3-6(2)7-4-8(11)10(13)9(12)5-7;1-7(2)8-3-5-9(10)6-4-8/h6-9,14-16H,5,10-13H2,1-4H3;4-11H,3H2,1-2H3;6-8,13H,5H2,1-4H3;4-6H,3,13H2,1-2H3;4-6,13H,3H2,1-2H3;4-7H,3H2,1-2H3;4-7,12H,3H2,1-2H3;4-6H,3H2,1-2H3;3-7,10H,1-2H3. The molecule has 1 fully saturated rings. The molecule has 20 heteroatoms. The van der Waals surface area contributed by atoms with E-state index in [1.807, 2.05) is 88.4 Å². The minimum atomic E-state index is -0.258. The topological polar surface area (TPSA) is 153 Å². The van der Waals surface area contributed by atoms with Crippen LogP contribution in [0, 0.1) is 27.7 Å². The van der Waals surface area contributed by atoms with Crippen molar-refractivity contribution in [2.45, 2.75) is 257 Å². The summed E-state index contributed by atoms with van der Waals surface area (Å²) in [5, 5.41) is 41.5. The Morgan fingerprint density at radius 3 is 1.20 bits per heavy atom. The largest absolute Gasteiger partial charge is 0.508 e. The van der Waals surface area contributed by atoms with Crippen molar-refractivity contribution in [1.82, 2.24) is 9.88 Å². The van der Waals surface area contributed by atoms with Crippen LogP contribution >= 0.6 is 146 Å². The lowest BCUT2D eigenvalue weighted by atomic mass is 9.93. The van der Waals surface area contributed by atoms with Gasteiger partial charge in [-0.2, -0.15) is 0 Å². The van der Waals surface area contributed by atoms with Crippen molar-refractivity contribution in [1.29, 1.82) is 0 Å². The Labute approximate surface area is 835 Å². The highest BCUT2D eigenvalue weighted by atomic mass is 79.9. The van der Waals surface area contributed by atoms with Gasteiger partial charge < -0.3 is 40.7 Å². The molecule has 1 aliphatic heterocycles. The minimum Gasteiger partial charge on any atom is -0.508 e. The number of anilines is 2. The van der Waals surface area contributed by atoms with Gasteiger partial charge in [-0.1, -0.05) is 276 Å². The molecule has 690 valence electrons. The van der Waals surface area contributed by atoms with E-state index in [4.69, 9.17) is 50.4 Å². The maximum atomic E-state index is 12.7. The predicted molar refractivity (Wildman–Crippen MR) is 572 cm³/mol. The summed E-state index contributed by atoms with van der Waals surface area (Å²) < 4.78 is 12.3. The number of phenolic OH excluding ortho intramolecular Hbond substituents is 4. The Bertz CT molecular complexity index is 4790. The van der Waals surface area contributed by atoms with Crippen molar-refractivity contribution < 1.29 is 30.0 Å². The van der Waals surface area contributed by atoms with Crippen LogP contribution in [0.25, 0.3) is 10.8 Å². The molecule has 1 aromatic heterocycles. The van der Waals surface area contributed by atoms with Gasteiger partial charge in [-0.25, -0.2) is 4.79 Å². The number of nitrogens with zero attached hydrogens (tertiary/aromatic N) is 3. The van der Waals surface area contributed by atoms with Crippen LogP contribution in [-0.4, -0.2) is 62.6 Å². The lowest BCUT2D eigenvalue weighted by molar-refractivity contribution is 0.148. The number of aromatic nitrogens is 1. The van der Waals surface area contributed by atoms with E-state index in [1.165, 1.54) is 68.1 Å². The number of phenols is 4. The van der Waals surface area contributed by atoms with Crippen molar-refractivity contribution in [3.05, 3.63) is 307 Å². The molecular formula is C107H136Br7Cl3N4O6. The number of carbonyl (C=O) groups excluding carboxylic acids is 1. The molecule has 10 aromatic carbocycles. The molecule has 0 radical (unpaired) electrons. The van der Waals surface area contributed by atoms with Crippen LogP contribution in [0.3, 0.4) is 0 Å². The van der Waals surface area contributed by atoms with Gasteiger partial charge in [0.1, 0.15) is 28.7 Å². The maximum absolute atomic E-state index is 12.7. The fourth-order valence-corrected chi connectivity index (χ4v) is 18.1. The van der Waals surface area contributed by atoms with Crippen LogP contribution < -0.4 is 15.4 Å². The monoisotopic (exact) mass is 2230 g/mol. The molecule has 0 bridgehead atoms. The molecule has 0 spiro atoms. The van der Waals surface area contributed by atoms with Crippen LogP contribution in [0.15, 0.2) is 220 Å². The third kappa shape index (κ3) is 37.1. The third-order valence-electron chi connectivity index (χ3n) is 23.6. The average molecular weight is 2240 g/mol. The first-order chi connectivity index (χ1) is 60.0. The van der Waals surface area contributed by atoms with Crippen molar-refractivity contribution in [3.8, 4) is 28.7 Å². The Balaban J connectivity index is 0.000000305. The molecule has 11 aromatic rings. The Hall–Kier alpha value is -6.09. The Kier molecular flexibility index (Phi) is 51.8. The van der Waals surface area contributed by atoms with E-state index < -0.39 is 0 Å². The summed E-state index contributed by atoms with van der Waals surface area (Å²) in [6.07, 6.45) is 12.4. The van der Waals surface area contributed by atoms with Crippen molar-refractivity contribution in [2.75, 3.05) is 36.8 Å². The minimum absolute atomic E-state index is 0.258. The van der Waals surface area contributed by atoms with E-state index in [-0.39, 0.29) is 11.8 Å². The zero-order chi connectivity index (χ0) is 95.2. The van der Waals surface area contributed by atoms with Crippen LogP contribution in [-0.2, 0) is 0 Å². The molecule has 2 heterocycles. The summed E-state index contributed by atoms with van der Waals surface area (Å²) in [6.45, 7) is 50.2. The molecule has 1 aliphatic rings. The van der Waals surface area contributed by atoms with E-state index in [1.54, 1.807) is 35.5 Å². The summed E-state index contributed by atoms with van der Waals surface area (Å²) >= 11 is 41.4. The molecule has 1 amide bonds. The number of nitrogen functional groups attached to an aromatic ring is 1. The molecule has 1 saturated heterocycles. The highest BCUT2D eigenvalue weighted by molar-refractivity contribution is 9.12. The van der Waals surface area contributed by atoms with Crippen LogP contribution in [0.5, 0.6) is 28.7 Å². The number of rotatable bonds is 19. The molecule has 127 heavy (non-hydrogen) atoms. The highest BCUT2D eigenvalue weighted by Crippen LogP contribution is 2.40. The second-order valence-electron chi connectivity index (χ2n) is 33.3. The average Bonchev–Trinajstić information content (AvgIpc) is 0.772. The molecule has 12 rings (SSSR count). The molecular weight excluding hydrogens is 2100 g/mol. The first-order valence-corrected chi connectivity index (χ1v) is 51.0. The second-order valence-corrected chi connectivity index (χ2v) is 40.6. The number of amides is 1. The number of carbonyl (C=O) groups is 1. The van der Waals surface area contributed by atoms with E-state index in [9.17, 15) is 20.1 Å². The van der Waals surface area contributed by atoms with Gasteiger partial charge in [0.05, 0.1) is 34.2 Å². The summed E-state index contributed by atoms with van der Waals surface area (Å²) in [4.78, 5) is 20.8. The molecule has 6 N–H and O–H groups in total. The fraction of sp³-hybridized carbons (Fsp3) is 0.402. The second kappa shape index (κ2) is 58.0. The predicted octanol–water partition coefficient (Wildman–Crippen LogP) is 37.2. The maximum Gasteiger partial charge on any atom is 0.415 e. The summed E-state index contributed by atoms with van der Waals surface area (Å²) in [5.74, 6) is 7.09. The van der Waals surface area contributed by atoms with Gasteiger partial charge in [-0.3, -0.25) is 4.98 Å². The van der Waals surface area contributed by atoms with Gasteiger partial charge in [-0.15, -0.1) is 0 Å². The van der Waals surface area contributed by atoms with Gasteiger partial charge in [0.25, 0.3) is 0 Å². The quantitative estimate of drug-likeness (QED) is 0.0393. The van der Waals surface area contributed by atoms with Crippen LogP contribution in [0.2, 0.25) is 15.1 Å². The van der Waals surface area contributed by atoms with E-state index >= 15 is 0 Å². The molecule has 8 atom stereocenters. The number of aryl methyl sites for hydroxylation is 4.